The first-order valence-electron chi connectivity index (χ1n) is 10.6. The number of rotatable bonds is 7. The average Bonchev–Trinajstić information content (AvgIpc) is 2.71. The summed E-state index contributed by atoms with van der Waals surface area (Å²) in [6, 6.07) is 2.79. The molecule has 1 aromatic heterocycles. The third-order valence-electron chi connectivity index (χ3n) is 5.44. The minimum atomic E-state index is -1.17. The number of carboxylic acid groups (broad SMARTS) is 1. The lowest BCUT2D eigenvalue weighted by molar-refractivity contribution is -0.139. The molecule has 2 aromatic carbocycles. The molecular weight excluding hydrogens is 424 g/mol. The molecule has 0 unspecified atom stereocenters. The van der Waals surface area contributed by atoms with Crippen molar-refractivity contribution in [3.8, 4) is 17.2 Å². The van der Waals surface area contributed by atoms with Crippen molar-refractivity contribution in [1.29, 1.82) is 0 Å². The molecule has 0 aliphatic rings. The molecule has 3 N–H and O–H groups in total. The standard InChI is InChI=1S/C26H28O7/c1-13(2)6-8-16-15(5)18(27)10-20-23(16)26(31)24-21(33-20)11-19(32-12-22(28)29)17(25(24)30)9-7-14(3)4/h6-7,10-11,27,30H,8-9,12H2,1-5H3,(H,28,29). The quantitative estimate of drug-likeness (QED) is 0.335. The van der Waals surface area contributed by atoms with Crippen molar-refractivity contribution in [3.63, 3.8) is 0 Å². The monoisotopic (exact) mass is 452 g/mol. The Bertz CT molecular complexity index is 1370. The molecular formula is C26H28O7. The Kier molecular flexibility index (Phi) is 6.81. The Morgan fingerprint density at radius 1 is 0.970 bits per heavy atom. The maximum absolute atomic E-state index is 13.6. The van der Waals surface area contributed by atoms with Crippen LogP contribution in [-0.4, -0.2) is 27.9 Å². The molecule has 0 saturated heterocycles. The van der Waals surface area contributed by atoms with Gasteiger partial charge < -0.3 is 24.5 Å². The van der Waals surface area contributed by atoms with Gasteiger partial charge in [-0.2, -0.15) is 0 Å². The van der Waals surface area contributed by atoms with Gasteiger partial charge in [0.2, 0.25) is 5.43 Å². The number of benzene rings is 2. The number of ether oxygens (including phenoxy) is 1. The number of phenols is 2. The summed E-state index contributed by atoms with van der Waals surface area (Å²) in [4.78, 5) is 24.7. The number of phenolic OH excluding ortho intramolecular Hbond substituents is 2. The van der Waals surface area contributed by atoms with Crippen molar-refractivity contribution in [1.82, 2.24) is 0 Å². The van der Waals surface area contributed by atoms with Crippen LogP contribution in [0.2, 0.25) is 0 Å². The second-order valence-corrected chi connectivity index (χ2v) is 8.53. The summed E-state index contributed by atoms with van der Waals surface area (Å²) < 4.78 is 11.3. The number of carboxylic acids is 1. The zero-order chi connectivity index (χ0) is 24.4. The van der Waals surface area contributed by atoms with Crippen LogP contribution in [0.15, 0.2) is 44.6 Å². The molecule has 0 spiro atoms. The summed E-state index contributed by atoms with van der Waals surface area (Å²) >= 11 is 0. The van der Waals surface area contributed by atoms with E-state index >= 15 is 0 Å². The fourth-order valence-corrected chi connectivity index (χ4v) is 3.66. The fraction of sp³-hybridized carbons (Fsp3) is 0.308. The molecule has 0 fully saturated rings. The van der Waals surface area contributed by atoms with Gasteiger partial charge in [-0.15, -0.1) is 0 Å². The summed E-state index contributed by atoms with van der Waals surface area (Å²) in [6.45, 7) is 8.79. The van der Waals surface area contributed by atoms with Crippen LogP contribution in [0.1, 0.15) is 44.4 Å². The molecule has 33 heavy (non-hydrogen) atoms. The van der Waals surface area contributed by atoms with Crippen molar-refractivity contribution >= 4 is 27.9 Å². The molecule has 7 nitrogen and oxygen atoms in total. The Morgan fingerprint density at radius 2 is 1.55 bits per heavy atom. The molecule has 0 amide bonds. The Balaban J connectivity index is 2.41. The van der Waals surface area contributed by atoms with E-state index in [1.807, 2.05) is 39.8 Å². The minimum absolute atomic E-state index is 0.00564. The molecule has 0 radical (unpaired) electrons. The van der Waals surface area contributed by atoms with E-state index < -0.39 is 18.0 Å². The highest BCUT2D eigenvalue weighted by Crippen LogP contribution is 2.38. The number of allylic oxidation sites excluding steroid dienone is 4. The SMILES string of the molecule is CC(C)=CCc1c(OCC(=O)O)cc2oc3cc(O)c(C)c(CC=C(C)C)c3c(=O)c2c1O. The van der Waals surface area contributed by atoms with Gasteiger partial charge in [-0.25, -0.2) is 4.79 Å². The molecule has 3 rings (SSSR count). The van der Waals surface area contributed by atoms with Crippen LogP contribution in [0.25, 0.3) is 21.9 Å². The summed E-state index contributed by atoms with van der Waals surface area (Å²) in [5.74, 6) is -1.37. The molecule has 3 aromatic rings. The Hall–Kier alpha value is -3.74. The molecule has 1 heterocycles. The van der Waals surface area contributed by atoms with Gasteiger partial charge in [0.1, 0.15) is 33.8 Å². The van der Waals surface area contributed by atoms with E-state index in [2.05, 4.69) is 0 Å². The third kappa shape index (κ3) is 4.87. The van der Waals surface area contributed by atoms with Crippen LogP contribution >= 0.6 is 0 Å². The van der Waals surface area contributed by atoms with Crippen LogP contribution in [-0.2, 0) is 17.6 Å². The van der Waals surface area contributed by atoms with Crippen LogP contribution in [0.3, 0.4) is 0 Å². The second-order valence-electron chi connectivity index (χ2n) is 8.53. The van der Waals surface area contributed by atoms with E-state index in [0.717, 1.165) is 11.1 Å². The van der Waals surface area contributed by atoms with Crippen LogP contribution in [0.5, 0.6) is 17.2 Å². The highest BCUT2D eigenvalue weighted by molar-refractivity contribution is 5.97. The Morgan fingerprint density at radius 3 is 2.12 bits per heavy atom. The van der Waals surface area contributed by atoms with Crippen molar-refractivity contribution < 1.29 is 29.3 Å². The zero-order valence-corrected chi connectivity index (χ0v) is 19.4. The van der Waals surface area contributed by atoms with Crippen molar-refractivity contribution in [2.24, 2.45) is 0 Å². The number of aromatic hydroxyl groups is 2. The summed E-state index contributed by atoms with van der Waals surface area (Å²) in [5.41, 5.74) is 3.33. The smallest absolute Gasteiger partial charge is 0.341 e. The highest BCUT2D eigenvalue weighted by atomic mass is 16.5. The van der Waals surface area contributed by atoms with E-state index in [0.29, 0.717) is 23.1 Å². The van der Waals surface area contributed by atoms with E-state index in [4.69, 9.17) is 14.3 Å². The van der Waals surface area contributed by atoms with Crippen molar-refractivity contribution in [2.45, 2.75) is 47.5 Å². The predicted octanol–water partition coefficient (Wildman–Crippen LogP) is 5.15. The van der Waals surface area contributed by atoms with E-state index in [-0.39, 0.29) is 45.6 Å². The van der Waals surface area contributed by atoms with Crippen LogP contribution in [0, 0.1) is 6.92 Å². The first-order valence-corrected chi connectivity index (χ1v) is 10.6. The van der Waals surface area contributed by atoms with Gasteiger partial charge >= 0.3 is 5.97 Å². The topological polar surface area (TPSA) is 117 Å². The van der Waals surface area contributed by atoms with Crippen LogP contribution < -0.4 is 10.2 Å². The summed E-state index contributed by atoms with van der Waals surface area (Å²) in [7, 11) is 0. The van der Waals surface area contributed by atoms with Gasteiger partial charge in [0, 0.05) is 17.7 Å². The predicted molar refractivity (Wildman–Crippen MR) is 127 cm³/mol. The van der Waals surface area contributed by atoms with Gasteiger partial charge in [0.15, 0.2) is 6.61 Å². The third-order valence-corrected chi connectivity index (χ3v) is 5.44. The van der Waals surface area contributed by atoms with Crippen LogP contribution in [0.4, 0.5) is 0 Å². The second kappa shape index (κ2) is 9.40. The number of hydrogen-bond donors (Lipinski definition) is 3. The first kappa shape index (κ1) is 23.9. The molecule has 0 aliphatic heterocycles. The normalized spacial score (nSPS) is 10.9. The average molecular weight is 453 g/mol. The van der Waals surface area contributed by atoms with E-state index in [9.17, 15) is 19.8 Å². The summed E-state index contributed by atoms with van der Waals surface area (Å²) in [5, 5.41) is 30.8. The maximum atomic E-state index is 13.6. The van der Waals surface area contributed by atoms with Crippen molar-refractivity contribution in [3.05, 3.63) is 62.3 Å². The van der Waals surface area contributed by atoms with E-state index in [1.165, 1.54) is 12.1 Å². The van der Waals surface area contributed by atoms with Gasteiger partial charge in [0.25, 0.3) is 0 Å². The fourth-order valence-electron chi connectivity index (χ4n) is 3.66. The lowest BCUT2D eigenvalue weighted by atomic mass is 9.96. The maximum Gasteiger partial charge on any atom is 0.341 e. The first-order chi connectivity index (χ1) is 15.5. The highest BCUT2D eigenvalue weighted by Gasteiger charge is 2.22. The van der Waals surface area contributed by atoms with E-state index in [1.54, 1.807) is 6.92 Å². The van der Waals surface area contributed by atoms with Gasteiger partial charge in [-0.1, -0.05) is 23.3 Å². The summed E-state index contributed by atoms with van der Waals surface area (Å²) in [6.07, 6.45) is 4.46. The number of fused-ring (bicyclic) bond motifs is 2. The molecule has 0 saturated carbocycles. The molecule has 7 heteroatoms. The number of carbonyl (C=O) groups is 1. The minimum Gasteiger partial charge on any atom is -0.508 e. The number of hydrogen-bond acceptors (Lipinski definition) is 6. The lowest BCUT2D eigenvalue weighted by Gasteiger charge is -2.15. The largest absolute Gasteiger partial charge is 0.508 e. The molecule has 0 atom stereocenters. The Labute approximate surface area is 191 Å². The van der Waals surface area contributed by atoms with Gasteiger partial charge in [-0.3, -0.25) is 4.79 Å². The zero-order valence-electron chi connectivity index (χ0n) is 19.4. The lowest BCUT2D eigenvalue weighted by Crippen LogP contribution is -2.12. The molecule has 174 valence electrons. The molecule has 0 bridgehead atoms. The number of aliphatic carboxylic acids is 1. The van der Waals surface area contributed by atoms with Crippen molar-refractivity contribution in [2.75, 3.05) is 6.61 Å². The molecule has 0 aliphatic carbocycles. The van der Waals surface area contributed by atoms with Gasteiger partial charge in [-0.05, 0) is 58.6 Å². The van der Waals surface area contributed by atoms with Gasteiger partial charge in [0.05, 0.1) is 5.39 Å².